The number of pyridine rings is 1. The number of aryl methyl sites for hydroxylation is 2. The van der Waals surface area contributed by atoms with Gasteiger partial charge >= 0.3 is 0 Å². The van der Waals surface area contributed by atoms with Crippen LogP contribution in [0.25, 0.3) is 21.3 Å². The first-order valence-electron chi connectivity index (χ1n) is 7.14. The smallest absolute Gasteiger partial charge is 0.267 e. The minimum Gasteiger partial charge on any atom is -0.364 e. The SMILES string of the molecule is NC(=O)c1cc(-c2ccc(F)cc2)c2c3c(sc2n1)CCC3. The third-order valence-corrected chi connectivity index (χ3v) is 5.27. The number of benzene rings is 1. The van der Waals surface area contributed by atoms with E-state index in [0.29, 0.717) is 0 Å². The molecule has 0 saturated carbocycles. The number of nitrogens with two attached hydrogens (primary N) is 1. The standard InChI is InChI=1S/C17H13FN2OS/c18-10-6-4-9(5-7-10)12-8-13(16(19)21)20-17-15(12)11-2-1-3-14(11)22-17/h4-8H,1-3H2,(H2,19,21). The lowest BCUT2D eigenvalue weighted by Gasteiger charge is -2.07. The molecule has 2 heterocycles. The molecule has 0 unspecified atom stereocenters. The molecule has 0 saturated heterocycles. The maximum Gasteiger partial charge on any atom is 0.267 e. The summed E-state index contributed by atoms with van der Waals surface area (Å²) in [6.45, 7) is 0. The number of rotatable bonds is 2. The number of fused-ring (bicyclic) bond motifs is 3. The van der Waals surface area contributed by atoms with E-state index in [4.69, 9.17) is 5.73 Å². The summed E-state index contributed by atoms with van der Waals surface area (Å²) >= 11 is 1.64. The summed E-state index contributed by atoms with van der Waals surface area (Å²) in [5.41, 5.74) is 8.78. The molecule has 0 bridgehead atoms. The molecule has 1 aliphatic carbocycles. The van der Waals surface area contributed by atoms with Gasteiger partial charge in [-0.2, -0.15) is 0 Å². The summed E-state index contributed by atoms with van der Waals surface area (Å²) in [6, 6.07) is 8.04. The number of primary amides is 1. The van der Waals surface area contributed by atoms with Crippen LogP contribution in [0.3, 0.4) is 0 Å². The number of hydrogen-bond donors (Lipinski definition) is 1. The Labute approximate surface area is 130 Å². The number of carbonyl (C=O) groups is 1. The van der Waals surface area contributed by atoms with Gasteiger partial charge in [0.2, 0.25) is 0 Å². The molecule has 0 atom stereocenters. The number of amides is 1. The van der Waals surface area contributed by atoms with E-state index in [1.165, 1.54) is 22.6 Å². The summed E-state index contributed by atoms with van der Waals surface area (Å²) in [5.74, 6) is -0.821. The minimum absolute atomic E-state index is 0.256. The molecule has 4 rings (SSSR count). The Kier molecular flexibility index (Phi) is 2.97. The third-order valence-electron chi connectivity index (χ3n) is 4.08. The highest BCUT2D eigenvalue weighted by molar-refractivity contribution is 7.19. The van der Waals surface area contributed by atoms with Crippen LogP contribution in [-0.2, 0) is 12.8 Å². The highest BCUT2D eigenvalue weighted by Crippen LogP contribution is 2.41. The zero-order valence-electron chi connectivity index (χ0n) is 11.7. The van der Waals surface area contributed by atoms with Gasteiger partial charge in [-0.1, -0.05) is 12.1 Å². The van der Waals surface area contributed by atoms with E-state index < -0.39 is 5.91 Å². The minimum atomic E-state index is -0.543. The van der Waals surface area contributed by atoms with Gasteiger partial charge in [0, 0.05) is 10.3 Å². The van der Waals surface area contributed by atoms with Crippen LogP contribution >= 0.6 is 11.3 Å². The second-order valence-corrected chi connectivity index (χ2v) is 6.55. The van der Waals surface area contributed by atoms with Crippen LogP contribution in [0.4, 0.5) is 4.39 Å². The molecule has 0 spiro atoms. The zero-order valence-corrected chi connectivity index (χ0v) is 12.5. The number of nitrogens with zero attached hydrogens (tertiary/aromatic N) is 1. The van der Waals surface area contributed by atoms with Crippen molar-refractivity contribution in [2.24, 2.45) is 5.73 Å². The molecule has 1 aliphatic rings. The molecule has 5 heteroatoms. The maximum atomic E-state index is 13.2. The first-order chi connectivity index (χ1) is 10.6. The van der Waals surface area contributed by atoms with E-state index in [0.717, 1.165) is 40.6 Å². The molecular weight excluding hydrogens is 299 g/mol. The third kappa shape index (κ3) is 2.01. The fraction of sp³-hybridized carbons (Fsp3) is 0.176. The summed E-state index contributed by atoms with van der Waals surface area (Å²) in [6.07, 6.45) is 3.24. The van der Waals surface area contributed by atoms with Crippen molar-refractivity contribution in [2.45, 2.75) is 19.3 Å². The topological polar surface area (TPSA) is 56.0 Å². The number of aromatic nitrogens is 1. The molecule has 22 heavy (non-hydrogen) atoms. The number of thiophene rings is 1. The van der Waals surface area contributed by atoms with E-state index in [2.05, 4.69) is 4.98 Å². The molecule has 0 fully saturated rings. The molecule has 0 aliphatic heterocycles. The lowest BCUT2D eigenvalue weighted by molar-refractivity contribution is 0.0996. The van der Waals surface area contributed by atoms with Crippen molar-refractivity contribution in [2.75, 3.05) is 0 Å². The molecule has 1 aromatic carbocycles. The Morgan fingerprint density at radius 3 is 2.73 bits per heavy atom. The van der Waals surface area contributed by atoms with Gasteiger partial charge in [0.15, 0.2) is 0 Å². The van der Waals surface area contributed by atoms with Crippen molar-refractivity contribution in [3.05, 3.63) is 52.3 Å². The fourth-order valence-electron chi connectivity index (χ4n) is 3.08. The van der Waals surface area contributed by atoms with Gasteiger partial charge in [-0.05, 0) is 54.2 Å². The van der Waals surface area contributed by atoms with Crippen LogP contribution in [0, 0.1) is 5.82 Å². The predicted molar refractivity (Wildman–Crippen MR) is 85.6 cm³/mol. The van der Waals surface area contributed by atoms with E-state index in [1.54, 1.807) is 29.5 Å². The van der Waals surface area contributed by atoms with Crippen molar-refractivity contribution >= 4 is 27.5 Å². The molecular formula is C17H13FN2OS. The second kappa shape index (κ2) is 4.88. The van der Waals surface area contributed by atoms with Crippen LogP contribution in [0.2, 0.25) is 0 Å². The monoisotopic (exact) mass is 312 g/mol. The molecule has 1 amide bonds. The maximum absolute atomic E-state index is 13.2. The van der Waals surface area contributed by atoms with Crippen molar-refractivity contribution in [3.8, 4) is 11.1 Å². The van der Waals surface area contributed by atoms with Gasteiger partial charge in [0.25, 0.3) is 5.91 Å². The van der Waals surface area contributed by atoms with Gasteiger partial charge in [-0.3, -0.25) is 4.79 Å². The molecule has 2 N–H and O–H groups in total. The normalized spacial score (nSPS) is 13.5. The molecule has 3 aromatic rings. The Balaban J connectivity index is 2.05. The van der Waals surface area contributed by atoms with Crippen LogP contribution in [0.1, 0.15) is 27.3 Å². The Bertz CT molecular complexity index is 899. The van der Waals surface area contributed by atoms with Gasteiger partial charge in [-0.25, -0.2) is 9.37 Å². The van der Waals surface area contributed by atoms with Gasteiger partial charge in [0.05, 0.1) is 0 Å². The van der Waals surface area contributed by atoms with E-state index >= 15 is 0 Å². The molecule has 2 aromatic heterocycles. The van der Waals surface area contributed by atoms with Crippen molar-refractivity contribution in [1.29, 1.82) is 0 Å². The lowest BCUT2D eigenvalue weighted by Crippen LogP contribution is -2.13. The highest BCUT2D eigenvalue weighted by Gasteiger charge is 2.22. The Morgan fingerprint density at radius 1 is 1.23 bits per heavy atom. The fourth-order valence-corrected chi connectivity index (χ4v) is 4.37. The van der Waals surface area contributed by atoms with Gasteiger partial charge in [-0.15, -0.1) is 11.3 Å². The van der Waals surface area contributed by atoms with Crippen molar-refractivity contribution in [1.82, 2.24) is 4.98 Å². The van der Waals surface area contributed by atoms with E-state index in [9.17, 15) is 9.18 Å². The highest BCUT2D eigenvalue weighted by atomic mass is 32.1. The average Bonchev–Trinajstić information content (AvgIpc) is 3.07. The summed E-state index contributed by atoms with van der Waals surface area (Å²) in [4.78, 5) is 18.2. The van der Waals surface area contributed by atoms with E-state index in [1.807, 2.05) is 0 Å². The zero-order chi connectivity index (χ0) is 15.3. The summed E-state index contributed by atoms with van der Waals surface area (Å²) in [5, 5.41) is 1.09. The molecule has 0 radical (unpaired) electrons. The molecule has 110 valence electrons. The van der Waals surface area contributed by atoms with E-state index in [-0.39, 0.29) is 11.5 Å². The van der Waals surface area contributed by atoms with Gasteiger partial charge < -0.3 is 5.73 Å². The van der Waals surface area contributed by atoms with Crippen molar-refractivity contribution in [3.63, 3.8) is 0 Å². The summed E-state index contributed by atoms with van der Waals surface area (Å²) < 4.78 is 13.2. The number of halogens is 1. The predicted octanol–water partition coefficient (Wildman–Crippen LogP) is 3.69. The average molecular weight is 312 g/mol. The number of carbonyl (C=O) groups excluding carboxylic acids is 1. The largest absolute Gasteiger partial charge is 0.364 e. The Morgan fingerprint density at radius 2 is 2.00 bits per heavy atom. The van der Waals surface area contributed by atoms with Crippen molar-refractivity contribution < 1.29 is 9.18 Å². The van der Waals surface area contributed by atoms with Crippen LogP contribution in [-0.4, -0.2) is 10.9 Å². The van der Waals surface area contributed by atoms with Gasteiger partial charge in [0.1, 0.15) is 16.3 Å². The summed E-state index contributed by atoms with van der Waals surface area (Å²) in [7, 11) is 0. The first kappa shape index (κ1) is 13.4. The Hall–Kier alpha value is -2.27. The van der Waals surface area contributed by atoms with Crippen LogP contribution in [0.15, 0.2) is 30.3 Å². The number of hydrogen-bond acceptors (Lipinski definition) is 3. The first-order valence-corrected chi connectivity index (χ1v) is 7.96. The second-order valence-electron chi connectivity index (χ2n) is 5.46. The molecule has 3 nitrogen and oxygen atoms in total. The lowest BCUT2D eigenvalue weighted by atomic mass is 9.99. The van der Waals surface area contributed by atoms with Crippen LogP contribution < -0.4 is 5.73 Å². The van der Waals surface area contributed by atoms with Crippen LogP contribution in [0.5, 0.6) is 0 Å². The quantitative estimate of drug-likeness (QED) is 0.784.